The van der Waals surface area contributed by atoms with Crippen molar-refractivity contribution < 1.29 is 14.3 Å². The molecule has 0 atom stereocenters. The Morgan fingerprint density at radius 1 is 1.06 bits per heavy atom. The summed E-state index contributed by atoms with van der Waals surface area (Å²) < 4.78 is 12.9. The molecule has 33 heavy (non-hydrogen) atoms. The van der Waals surface area contributed by atoms with E-state index in [9.17, 15) is 4.79 Å². The number of fused-ring (bicyclic) bond motifs is 2. The Bertz CT molecular complexity index is 1350. The number of hydrogen-bond acceptors (Lipinski definition) is 7. The number of amides is 1. The fourth-order valence-electron chi connectivity index (χ4n) is 4.14. The van der Waals surface area contributed by atoms with Gasteiger partial charge in [-0.25, -0.2) is 9.50 Å². The average molecular weight is 444 g/mol. The molecule has 168 valence electrons. The fourth-order valence-corrected chi connectivity index (χ4v) is 4.14. The molecule has 1 aliphatic heterocycles. The fraction of sp³-hybridized carbons (Fsp3) is 0.208. The number of nitrogens with one attached hydrogen (secondary N) is 1. The van der Waals surface area contributed by atoms with Gasteiger partial charge in [-0.2, -0.15) is 0 Å². The molecule has 4 aromatic rings. The largest absolute Gasteiger partial charge is 0.496 e. The molecule has 1 aliphatic rings. The summed E-state index contributed by atoms with van der Waals surface area (Å²) in [7, 11) is 3.26. The quantitative estimate of drug-likeness (QED) is 0.471. The van der Waals surface area contributed by atoms with Gasteiger partial charge in [-0.05, 0) is 47.5 Å². The van der Waals surface area contributed by atoms with Crippen LogP contribution in [0.1, 0.15) is 11.1 Å². The summed E-state index contributed by atoms with van der Waals surface area (Å²) >= 11 is 0. The maximum Gasteiger partial charge on any atom is 0.245 e. The van der Waals surface area contributed by atoms with Gasteiger partial charge in [0.2, 0.25) is 11.9 Å². The average Bonchev–Trinajstić information content (AvgIpc) is 3.46. The second-order valence-electron chi connectivity index (χ2n) is 7.74. The molecule has 3 N–H and O–H groups in total. The van der Waals surface area contributed by atoms with E-state index in [1.807, 2.05) is 53.0 Å². The third-order valence-corrected chi connectivity index (χ3v) is 5.80. The highest BCUT2D eigenvalue weighted by Crippen LogP contribution is 2.35. The molecule has 0 aliphatic carbocycles. The highest BCUT2D eigenvalue weighted by molar-refractivity contribution is 5.79. The van der Waals surface area contributed by atoms with Crippen LogP contribution >= 0.6 is 0 Å². The van der Waals surface area contributed by atoms with E-state index in [1.54, 1.807) is 25.3 Å². The summed E-state index contributed by atoms with van der Waals surface area (Å²) in [5, 5.41) is 7.98. The van der Waals surface area contributed by atoms with Crippen LogP contribution in [0.25, 0.3) is 16.8 Å². The molecule has 0 saturated heterocycles. The number of nitrogens with two attached hydrogens (primary N) is 1. The molecule has 9 nitrogen and oxygen atoms in total. The van der Waals surface area contributed by atoms with E-state index in [2.05, 4.69) is 10.3 Å². The lowest BCUT2D eigenvalue weighted by Gasteiger charge is -2.13. The molecule has 0 unspecified atom stereocenters. The van der Waals surface area contributed by atoms with Crippen LogP contribution in [-0.4, -0.2) is 46.2 Å². The van der Waals surface area contributed by atoms with E-state index in [0.717, 1.165) is 39.3 Å². The molecule has 0 saturated carbocycles. The van der Waals surface area contributed by atoms with Gasteiger partial charge in [0, 0.05) is 18.7 Å². The zero-order valence-corrected chi connectivity index (χ0v) is 18.4. The Morgan fingerprint density at radius 2 is 1.82 bits per heavy atom. The summed E-state index contributed by atoms with van der Waals surface area (Å²) in [6, 6.07) is 15.7. The van der Waals surface area contributed by atoms with Crippen LogP contribution in [-0.2, 0) is 17.9 Å². The highest BCUT2D eigenvalue weighted by Gasteiger charge is 2.24. The van der Waals surface area contributed by atoms with Crippen molar-refractivity contribution in [2.24, 2.45) is 5.73 Å². The zero-order chi connectivity index (χ0) is 22.9. The van der Waals surface area contributed by atoms with Gasteiger partial charge in [-0.1, -0.05) is 12.1 Å². The minimum atomic E-state index is -0.0788. The molecule has 0 fully saturated rings. The Hall–Kier alpha value is -4.11. The Kier molecular flexibility index (Phi) is 5.31. The zero-order valence-electron chi connectivity index (χ0n) is 18.4. The predicted octanol–water partition coefficient (Wildman–Crippen LogP) is 2.96. The van der Waals surface area contributed by atoms with Crippen molar-refractivity contribution in [3.05, 3.63) is 65.9 Å². The Morgan fingerprint density at radius 3 is 2.58 bits per heavy atom. The lowest BCUT2D eigenvalue weighted by molar-refractivity contribution is -0.130. The second kappa shape index (κ2) is 8.44. The molecular formula is C24H24N6O3. The SMILES string of the molecule is COc1cc2c(cc1Nc1ncc3ccc(-c4ccccc4OC)n3n1)CN(C(=O)CN)C2. The number of nitrogens with zero attached hydrogens (tertiary/aromatic N) is 4. The maximum absolute atomic E-state index is 12.0. The van der Waals surface area contributed by atoms with Crippen LogP contribution in [0, 0.1) is 0 Å². The summed E-state index contributed by atoms with van der Waals surface area (Å²) in [5.74, 6) is 1.75. The summed E-state index contributed by atoms with van der Waals surface area (Å²) in [6.07, 6.45) is 1.76. The van der Waals surface area contributed by atoms with E-state index < -0.39 is 0 Å². The first-order valence-electron chi connectivity index (χ1n) is 10.5. The van der Waals surface area contributed by atoms with E-state index in [1.165, 1.54) is 0 Å². The molecular weight excluding hydrogens is 420 g/mol. The van der Waals surface area contributed by atoms with Crippen molar-refractivity contribution in [1.29, 1.82) is 0 Å². The number of hydrogen-bond donors (Lipinski definition) is 2. The first-order chi connectivity index (χ1) is 16.1. The summed E-state index contributed by atoms with van der Waals surface area (Å²) in [4.78, 5) is 18.2. The standard InChI is InChI=1S/C24H24N6O3/c1-32-21-6-4-3-5-18(21)20-8-7-17-12-26-24(28-30(17)20)27-19-9-15-13-29(23(31)11-25)14-16(15)10-22(19)33-2/h3-10,12H,11,13-14,25H2,1-2H3,(H,27,28). The first kappa shape index (κ1) is 20.8. The van der Waals surface area contributed by atoms with Crippen LogP contribution in [0.4, 0.5) is 11.6 Å². The molecule has 2 aromatic carbocycles. The van der Waals surface area contributed by atoms with E-state index in [0.29, 0.717) is 24.8 Å². The van der Waals surface area contributed by atoms with Gasteiger partial charge in [0.1, 0.15) is 11.5 Å². The van der Waals surface area contributed by atoms with Gasteiger partial charge in [0.05, 0.1) is 43.9 Å². The number of rotatable bonds is 6. The number of para-hydroxylation sites is 1. The van der Waals surface area contributed by atoms with Crippen LogP contribution in [0.5, 0.6) is 11.5 Å². The lowest BCUT2D eigenvalue weighted by Crippen LogP contribution is -2.31. The van der Waals surface area contributed by atoms with E-state index in [-0.39, 0.29) is 12.5 Å². The first-order valence-corrected chi connectivity index (χ1v) is 10.5. The van der Waals surface area contributed by atoms with Gasteiger partial charge < -0.3 is 25.4 Å². The third-order valence-electron chi connectivity index (χ3n) is 5.80. The van der Waals surface area contributed by atoms with Gasteiger partial charge >= 0.3 is 0 Å². The number of ether oxygens (including phenoxy) is 2. The van der Waals surface area contributed by atoms with E-state index >= 15 is 0 Å². The third kappa shape index (κ3) is 3.72. The minimum absolute atomic E-state index is 0.00448. The number of carbonyl (C=O) groups excluding carboxylic acids is 1. The molecule has 3 heterocycles. The van der Waals surface area contributed by atoms with Gasteiger partial charge in [-0.3, -0.25) is 4.79 Å². The van der Waals surface area contributed by atoms with Crippen molar-refractivity contribution in [3.8, 4) is 22.8 Å². The normalized spacial score (nSPS) is 12.6. The molecule has 0 spiro atoms. The van der Waals surface area contributed by atoms with Gasteiger partial charge in [-0.15, -0.1) is 5.10 Å². The monoisotopic (exact) mass is 444 g/mol. The number of anilines is 2. The number of benzene rings is 2. The van der Waals surface area contributed by atoms with Crippen molar-refractivity contribution in [1.82, 2.24) is 19.5 Å². The Labute approximate surface area is 190 Å². The van der Waals surface area contributed by atoms with Crippen LogP contribution in [0.2, 0.25) is 0 Å². The summed E-state index contributed by atoms with van der Waals surface area (Å²) in [6.45, 7) is 1.03. The topological polar surface area (TPSA) is 107 Å². The molecule has 2 aromatic heterocycles. The number of methoxy groups -OCH3 is 2. The van der Waals surface area contributed by atoms with Gasteiger partial charge in [0.25, 0.3) is 0 Å². The Balaban J connectivity index is 1.50. The van der Waals surface area contributed by atoms with Crippen LogP contribution in [0.3, 0.4) is 0 Å². The summed E-state index contributed by atoms with van der Waals surface area (Å²) in [5.41, 5.74) is 11.0. The molecule has 0 radical (unpaired) electrons. The number of carbonyl (C=O) groups is 1. The van der Waals surface area contributed by atoms with Crippen LogP contribution in [0.15, 0.2) is 54.7 Å². The lowest BCUT2D eigenvalue weighted by atomic mass is 10.1. The van der Waals surface area contributed by atoms with Crippen LogP contribution < -0.4 is 20.5 Å². The van der Waals surface area contributed by atoms with E-state index in [4.69, 9.17) is 20.3 Å². The number of aromatic nitrogens is 3. The highest BCUT2D eigenvalue weighted by atomic mass is 16.5. The molecule has 9 heteroatoms. The smallest absolute Gasteiger partial charge is 0.245 e. The predicted molar refractivity (Wildman–Crippen MR) is 125 cm³/mol. The minimum Gasteiger partial charge on any atom is -0.496 e. The maximum atomic E-state index is 12.0. The van der Waals surface area contributed by atoms with Crippen molar-refractivity contribution in [3.63, 3.8) is 0 Å². The molecule has 0 bridgehead atoms. The van der Waals surface area contributed by atoms with Crippen molar-refractivity contribution in [2.45, 2.75) is 13.1 Å². The molecule has 1 amide bonds. The van der Waals surface area contributed by atoms with Crippen molar-refractivity contribution >= 4 is 23.1 Å². The van der Waals surface area contributed by atoms with Gasteiger partial charge in [0.15, 0.2) is 0 Å². The van der Waals surface area contributed by atoms with Crippen molar-refractivity contribution in [2.75, 3.05) is 26.1 Å². The second-order valence-corrected chi connectivity index (χ2v) is 7.74. The molecule has 5 rings (SSSR count).